The molecule has 5 N–H and O–H groups in total. The number of amides is 2. The van der Waals surface area contributed by atoms with E-state index in [1.807, 2.05) is 0 Å². The van der Waals surface area contributed by atoms with Crippen LogP contribution >= 0.6 is 0 Å². The van der Waals surface area contributed by atoms with Gasteiger partial charge in [0.1, 0.15) is 11.6 Å². The summed E-state index contributed by atoms with van der Waals surface area (Å²) in [6.45, 7) is -0.357. The van der Waals surface area contributed by atoms with Gasteiger partial charge in [-0.15, -0.1) is 0 Å². The summed E-state index contributed by atoms with van der Waals surface area (Å²) in [5.74, 6) is -1.93. The highest BCUT2D eigenvalue weighted by molar-refractivity contribution is 5.80. The number of carbonyl (C=O) groups excluding carboxylic acids is 2. The van der Waals surface area contributed by atoms with Gasteiger partial charge in [-0.2, -0.15) is 0 Å². The number of rotatable bonds is 7. The Kier molecular flexibility index (Phi) is 6.59. The monoisotopic (exact) mass is 363 g/mol. The molecule has 138 valence electrons. The summed E-state index contributed by atoms with van der Waals surface area (Å²) in [7, 11) is 0. The molecule has 2 aromatic rings. The number of aromatic hydroxyl groups is 1. The van der Waals surface area contributed by atoms with Crippen molar-refractivity contribution in [3.05, 3.63) is 58.7 Å². The average molecular weight is 363 g/mol. The lowest BCUT2D eigenvalue weighted by Gasteiger charge is -2.12. The summed E-state index contributed by atoms with van der Waals surface area (Å²) in [6.07, 6.45) is 0.749. The summed E-state index contributed by atoms with van der Waals surface area (Å²) < 4.78 is 12.8. The van der Waals surface area contributed by atoms with Gasteiger partial charge in [-0.1, -0.05) is 12.1 Å². The van der Waals surface area contributed by atoms with Crippen molar-refractivity contribution in [3.8, 4) is 5.75 Å². The molecule has 1 aromatic heterocycles. The molecule has 0 fully saturated rings. The topological polar surface area (TPSA) is 132 Å². The van der Waals surface area contributed by atoms with Crippen LogP contribution in [0.25, 0.3) is 0 Å². The van der Waals surface area contributed by atoms with E-state index in [0.717, 1.165) is 0 Å². The van der Waals surface area contributed by atoms with Crippen LogP contribution in [0.15, 0.2) is 30.5 Å². The summed E-state index contributed by atoms with van der Waals surface area (Å²) in [5, 5.41) is 30.7. The number of pyridine rings is 1. The maximum Gasteiger partial charge on any atom is 0.249 e. The highest BCUT2D eigenvalue weighted by atomic mass is 19.1. The maximum absolute atomic E-state index is 12.8. The standard InChI is InChI=1S/C17H18FN3O5/c18-12-3-1-10(2-4-12)7-20-15(23)5-11-8-19-14(6-16(24)21-26)17(25)13(11)9-22/h1-4,8,22,25-26H,5-7,9H2,(H,20,23)(H,21,24). The molecule has 1 heterocycles. The minimum absolute atomic E-state index is 0.0314. The second kappa shape index (κ2) is 8.88. The van der Waals surface area contributed by atoms with Crippen molar-refractivity contribution < 1.29 is 29.4 Å². The Morgan fingerprint density at radius 1 is 1.12 bits per heavy atom. The molecular weight excluding hydrogens is 345 g/mol. The first-order valence-electron chi connectivity index (χ1n) is 7.68. The van der Waals surface area contributed by atoms with Crippen molar-refractivity contribution in [3.63, 3.8) is 0 Å². The Morgan fingerprint density at radius 3 is 2.42 bits per heavy atom. The van der Waals surface area contributed by atoms with Gasteiger partial charge < -0.3 is 15.5 Å². The number of hydroxylamine groups is 1. The zero-order valence-corrected chi connectivity index (χ0v) is 13.7. The van der Waals surface area contributed by atoms with E-state index in [9.17, 15) is 24.2 Å². The lowest BCUT2D eigenvalue weighted by molar-refractivity contribution is -0.128. The minimum atomic E-state index is -0.776. The van der Waals surface area contributed by atoms with Gasteiger partial charge in [0, 0.05) is 18.3 Å². The Morgan fingerprint density at radius 2 is 1.81 bits per heavy atom. The third-order valence-electron chi connectivity index (χ3n) is 3.69. The Hall–Kier alpha value is -3.04. The van der Waals surface area contributed by atoms with Crippen LogP contribution in [-0.4, -0.2) is 32.2 Å². The summed E-state index contributed by atoms with van der Waals surface area (Å²) >= 11 is 0. The smallest absolute Gasteiger partial charge is 0.249 e. The second-order valence-corrected chi connectivity index (χ2v) is 5.51. The molecule has 0 aliphatic carbocycles. The zero-order chi connectivity index (χ0) is 19.1. The number of aliphatic hydroxyl groups is 1. The lowest BCUT2D eigenvalue weighted by atomic mass is 10.0. The molecule has 26 heavy (non-hydrogen) atoms. The van der Waals surface area contributed by atoms with Crippen LogP contribution in [0.3, 0.4) is 0 Å². The first-order chi connectivity index (χ1) is 12.4. The molecule has 0 aliphatic rings. The van der Waals surface area contributed by atoms with Crippen LogP contribution < -0.4 is 10.8 Å². The number of halogens is 1. The molecule has 0 atom stereocenters. The number of nitrogens with one attached hydrogen (secondary N) is 2. The maximum atomic E-state index is 12.8. The van der Waals surface area contributed by atoms with E-state index in [-0.39, 0.29) is 42.4 Å². The molecule has 2 rings (SSSR count). The average Bonchev–Trinajstić information content (AvgIpc) is 2.63. The lowest BCUT2D eigenvalue weighted by Crippen LogP contribution is -2.25. The first-order valence-corrected chi connectivity index (χ1v) is 7.68. The van der Waals surface area contributed by atoms with Crippen LogP contribution in [0.2, 0.25) is 0 Å². The molecule has 0 saturated heterocycles. The molecule has 0 saturated carbocycles. The van der Waals surface area contributed by atoms with Crippen LogP contribution in [0.4, 0.5) is 4.39 Å². The number of aromatic nitrogens is 1. The van der Waals surface area contributed by atoms with Gasteiger partial charge >= 0.3 is 0 Å². The molecule has 8 nitrogen and oxygen atoms in total. The van der Waals surface area contributed by atoms with Crippen molar-refractivity contribution >= 4 is 11.8 Å². The quantitative estimate of drug-likeness (QED) is 0.356. The van der Waals surface area contributed by atoms with Gasteiger partial charge in [0.05, 0.1) is 25.1 Å². The van der Waals surface area contributed by atoms with Gasteiger partial charge in [-0.3, -0.25) is 19.8 Å². The predicted octanol–water partition coefficient (Wildman–Crippen LogP) is 0.325. The summed E-state index contributed by atoms with van der Waals surface area (Å²) in [5.41, 5.74) is 2.49. The fourth-order valence-electron chi connectivity index (χ4n) is 2.31. The predicted molar refractivity (Wildman–Crippen MR) is 87.4 cm³/mol. The molecule has 9 heteroatoms. The fourth-order valence-corrected chi connectivity index (χ4v) is 2.31. The van der Waals surface area contributed by atoms with E-state index in [0.29, 0.717) is 11.1 Å². The summed E-state index contributed by atoms with van der Waals surface area (Å²) in [4.78, 5) is 27.1. The number of hydrogen-bond acceptors (Lipinski definition) is 6. The normalized spacial score (nSPS) is 10.4. The molecule has 1 aromatic carbocycles. The SMILES string of the molecule is O=C(Cc1ncc(CC(=O)NCc2ccc(F)cc2)c(CO)c1O)NO. The third kappa shape index (κ3) is 4.98. The number of benzene rings is 1. The molecule has 0 radical (unpaired) electrons. The summed E-state index contributed by atoms with van der Waals surface area (Å²) in [6, 6.07) is 5.66. The molecule has 0 unspecified atom stereocenters. The van der Waals surface area contributed by atoms with Gasteiger partial charge in [-0.25, -0.2) is 9.87 Å². The largest absolute Gasteiger partial charge is 0.506 e. The molecule has 0 bridgehead atoms. The highest BCUT2D eigenvalue weighted by Gasteiger charge is 2.17. The number of hydrogen-bond donors (Lipinski definition) is 5. The van der Waals surface area contributed by atoms with E-state index in [1.54, 1.807) is 12.1 Å². The van der Waals surface area contributed by atoms with E-state index < -0.39 is 18.3 Å². The van der Waals surface area contributed by atoms with Gasteiger partial charge in [-0.05, 0) is 23.3 Å². The van der Waals surface area contributed by atoms with Gasteiger partial charge in [0.2, 0.25) is 11.8 Å². The van der Waals surface area contributed by atoms with Crippen molar-refractivity contribution in [1.82, 2.24) is 15.8 Å². The van der Waals surface area contributed by atoms with Gasteiger partial charge in [0.15, 0.2) is 0 Å². The van der Waals surface area contributed by atoms with Crippen LogP contribution in [0, 0.1) is 5.82 Å². The highest BCUT2D eigenvalue weighted by Crippen LogP contribution is 2.25. The van der Waals surface area contributed by atoms with E-state index in [2.05, 4.69) is 10.3 Å². The van der Waals surface area contributed by atoms with Crippen molar-refractivity contribution in [2.45, 2.75) is 26.0 Å². The van der Waals surface area contributed by atoms with E-state index in [1.165, 1.54) is 23.8 Å². The zero-order valence-electron chi connectivity index (χ0n) is 13.7. The van der Waals surface area contributed by atoms with Crippen LogP contribution in [0.5, 0.6) is 5.75 Å². The van der Waals surface area contributed by atoms with Crippen LogP contribution in [0.1, 0.15) is 22.4 Å². The van der Waals surface area contributed by atoms with Crippen molar-refractivity contribution in [1.29, 1.82) is 0 Å². The number of nitrogens with zero attached hydrogens (tertiary/aromatic N) is 1. The van der Waals surface area contributed by atoms with E-state index in [4.69, 9.17) is 5.21 Å². The van der Waals surface area contributed by atoms with Gasteiger partial charge in [0.25, 0.3) is 0 Å². The molecule has 0 spiro atoms. The Bertz CT molecular complexity index is 796. The number of carbonyl (C=O) groups is 2. The van der Waals surface area contributed by atoms with Crippen molar-refractivity contribution in [2.75, 3.05) is 0 Å². The minimum Gasteiger partial charge on any atom is -0.506 e. The Labute approximate surface area is 148 Å². The third-order valence-corrected chi connectivity index (χ3v) is 3.69. The molecule has 0 aliphatic heterocycles. The van der Waals surface area contributed by atoms with Crippen LogP contribution in [-0.2, 0) is 35.6 Å². The molecular formula is C17H18FN3O5. The number of aliphatic hydroxyl groups excluding tert-OH is 1. The second-order valence-electron chi connectivity index (χ2n) is 5.51. The first kappa shape index (κ1) is 19.3. The molecule has 2 amide bonds. The Balaban J connectivity index is 2.05. The fraction of sp³-hybridized carbons (Fsp3) is 0.235. The van der Waals surface area contributed by atoms with E-state index >= 15 is 0 Å². The van der Waals surface area contributed by atoms with Crippen molar-refractivity contribution in [2.24, 2.45) is 0 Å².